The Hall–Kier alpha value is -1.40. The Morgan fingerprint density at radius 3 is 3.00 bits per heavy atom. The normalized spacial score (nSPS) is 10.5. The van der Waals surface area contributed by atoms with E-state index >= 15 is 0 Å². The zero-order valence-electron chi connectivity index (χ0n) is 13.2. The average Bonchev–Trinajstić information content (AvgIpc) is 2.92. The van der Waals surface area contributed by atoms with E-state index < -0.39 is 0 Å². The Labute approximate surface area is 149 Å². The van der Waals surface area contributed by atoms with Gasteiger partial charge in [0, 0.05) is 22.1 Å². The summed E-state index contributed by atoms with van der Waals surface area (Å²) in [6, 6.07) is 7.61. The fraction of sp³-hybridized carbons (Fsp3) is 0.412. The molecular formula is C17H21BrN2O2S. The van der Waals surface area contributed by atoms with Crippen LogP contribution in [0, 0.1) is 6.92 Å². The van der Waals surface area contributed by atoms with E-state index in [1.165, 1.54) is 5.01 Å². The van der Waals surface area contributed by atoms with E-state index in [2.05, 4.69) is 31.6 Å². The Balaban J connectivity index is 1.51. The van der Waals surface area contributed by atoms with Gasteiger partial charge in [0.25, 0.3) is 0 Å². The fourth-order valence-corrected chi connectivity index (χ4v) is 3.25. The Kier molecular flexibility index (Phi) is 7.55. The van der Waals surface area contributed by atoms with Crippen LogP contribution in [0.3, 0.4) is 0 Å². The lowest BCUT2D eigenvalue weighted by Crippen LogP contribution is -2.25. The standard InChI is InChI=1S/C17H21BrN2O2S/c1-13-12-23-17(20-13)7-2-3-9-19-16(21)8-10-22-15-6-4-5-14(18)11-15/h4-6,11-12H,2-3,7-10H2,1H3,(H,19,21). The molecule has 0 saturated heterocycles. The third-order valence-corrected chi connectivity index (χ3v) is 4.72. The molecule has 6 heteroatoms. The number of hydrogen-bond acceptors (Lipinski definition) is 4. The first-order valence-electron chi connectivity index (χ1n) is 7.69. The van der Waals surface area contributed by atoms with Crippen molar-refractivity contribution in [2.45, 2.75) is 32.6 Å². The number of amides is 1. The summed E-state index contributed by atoms with van der Waals surface area (Å²) in [6.45, 7) is 3.11. The number of nitrogens with one attached hydrogen (secondary N) is 1. The second-order valence-electron chi connectivity index (χ2n) is 5.25. The molecule has 0 aliphatic heterocycles. The van der Waals surface area contributed by atoms with Crippen LogP contribution in [0.2, 0.25) is 0 Å². The van der Waals surface area contributed by atoms with Crippen molar-refractivity contribution in [2.24, 2.45) is 0 Å². The van der Waals surface area contributed by atoms with E-state index in [1.807, 2.05) is 31.2 Å². The number of carbonyl (C=O) groups excluding carboxylic acids is 1. The van der Waals surface area contributed by atoms with Crippen molar-refractivity contribution in [1.82, 2.24) is 10.3 Å². The van der Waals surface area contributed by atoms with Gasteiger partial charge >= 0.3 is 0 Å². The molecule has 124 valence electrons. The van der Waals surface area contributed by atoms with Gasteiger partial charge in [-0.2, -0.15) is 0 Å². The Morgan fingerprint density at radius 2 is 2.26 bits per heavy atom. The van der Waals surface area contributed by atoms with Crippen molar-refractivity contribution < 1.29 is 9.53 Å². The Morgan fingerprint density at radius 1 is 1.39 bits per heavy atom. The number of nitrogens with zero attached hydrogens (tertiary/aromatic N) is 1. The van der Waals surface area contributed by atoms with E-state index in [0.717, 1.165) is 35.2 Å². The molecule has 1 amide bonds. The van der Waals surface area contributed by atoms with Gasteiger partial charge in [-0.3, -0.25) is 4.79 Å². The number of benzene rings is 1. The highest BCUT2D eigenvalue weighted by Crippen LogP contribution is 2.17. The van der Waals surface area contributed by atoms with Gasteiger partial charge in [-0.15, -0.1) is 11.3 Å². The second kappa shape index (κ2) is 9.67. The number of halogens is 1. The van der Waals surface area contributed by atoms with Crippen molar-refractivity contribution in [2.75, 3.05) is 13.2 Å². The summed E-state index contributed by atoms with van der Waals surface area (Å²) in [4.78, 5) is 16.2. The summed E-state index contributed by atoms with van der Waals surface area (Å²) >= 11 is 5.09. The molecule has 1 aromatic carbocycles. The molecule has 0 unspecified atom stereocenters. The van der Waals surface area contributed by atoms with Gasteiger partial charge in [0.2, 0.25) is 5.91 Å². The molecule has 2 rings (SSSR count). The van der Waals surface area contributed by atoms with Crippen LogP contribution in [-0.2, 0) is 11.2 Å². The molecule has 0 spiro atoms. The highest BCUT2D eigenvalue weighted by Gasteiger charge is 2.03. The van der Waals surface area contributed by atoms with Crippen LogP contribution in [0.25, 0.3) is 0 Å². The number of ether oxygens (including phenoxy) is 1. The molecule has 0 atom stereocenters. The zero-order valence-corrected chi connectivity index (χ0v) is 15.6. The first-order chi connectivity index (χ1) is 11.1. The van der Waals surface area contributed by atoms with E-state index in [1.54, 1.807) is 11.3 Å². The zero-order chi connectivity index (χ0) is 16.5. The van der Waals surface area contributed by atoms with E-state index in [-0.39, 0.29) is 5.91 Å². The first-order valence-corrected chi connectivity index (χ1v) is 9.37. The van der Waals surface area contributed by atoms with Gasteiger partial charge in [0.05, 0.1) is 18.0 Å². The van der Waals surface area contributed by atoms with Gasteiger partial charge in [0.1, 0.15) is 5.75 Å². The predicted molar refractivity (Wildman–Crippen MR) is 97.1 cm³/mol. The van der Waals surface area contributed by atoms with Crippen LogP contribution in [0.1, 0.15) is 30.0 Å². The summed E-state index contributed by atoms with van der Waals surface area (Å²) in [7, 11) is 0. The summed E-state index contributed by atoms with van der Waals surface area (Å²) in [6.07, 6.45) is 3.37. The number of hydrogen-bond donors (Lipinski definition) is 1. The maximum absolute atomic E-state index is 11.7. The number of aromatic nitrogens is 1. The van der Waals surface area contributed by atoms with Crippen molar-refractivity contribution >= 4 is 33.2 Å². The maximum Gasteiger partial charge on any atom is 0.223 e. The monoisotopic (exact) mass is 396 g/mol. The predicted octanol–water partition coefficient (Wildman–Crippen LogP) is 4.12. The van der Waals surface area contributed by atoms with E-state index in [9.17, 15) is 4.79 Å². The lowest BCUT2D eigenvalue weighted by molar-refractivity contribution is -0.121. The molecule has 0 saturated carbocycles. The van der Waals surface area contributed by atoms with Gasteiger partial charge < -0.3 is 10.1 Å². The maximum atomic E-state index is 11.7. The molecule has 0 fully saturated rings. The van der Waals surface area contributed by atoms with Gasteiger partial charge in [-0.1, -0.05) is 22.0 Å². The highest BCUT2D eigenvalue weighted by molar-refractivity contribution is 9.10. The van der Waals surface area contributed by atoms with Crippen LogP contribution in [0.5, 0.6) is 5.75 Å². The molecule has 0 aliphatic rings. The minimum atomic E-state index is 0.0325. The minimum absolute atomic E-state index is 0.0325. The molecule has 0 aliphatic carbocycles. The molecule has 2 aromatic rings. The van der Waals surface area contributed by atoms with Crippen LogP contribution >= 0.6 is 27.3 Å². The third-order valence-electron chi connectivity index (χ3n) is 3.20. The molecule has 23 heavy (non-hydrogen) atoms. The van der Waals surface area contributed by atoms with Crippen LogP contribution in [0.4, 0.5) is 0 Å². The third kappa shape index (κ3) is 7.14. The smallest absolute Gasteiger partial charge is 0.223 e. The summed E-state index contributed by atoms with van der Waals surface area (Å²) in [5.41, 5.74) is 1.09. The molecular weight excluding hydrogens is 376 g/mol. The lowest BCUT2D eigenvalue weighted by atomic mass is 10.2. The molecule has 1 aromatic heterocycles. The minimum Gasteiger partial charge on any atom is -0.493 e. The molecule has 0 bridgehead atoms. The number of carbonyl (C=O) groups is 1. The Bertz CT molecular complexity index is 631. The quantitative estimate of drug-likeness (QED) is 0.648. The van der Waals surface area contributed by atoms with Gasteiger partial charge in [-0.05, 0) is 44.4 Å². The number of rotatable bonds is 9. The molecule has 4 nitrogen and oxygen atoms in total. The number of unbranched alkanes of at least 4 members (excludes halogenated alkanes) is 1. The first kappa shape index (κ1) is 17.9. The van der Waals surface area contributed by atoms with Crippen molar-refractivity contribution in [3.05, 3.63) is 44.8 Å². The summed E-state index contributed by atoms with van der Waals surface area (Å²) in [5.74, 6) is 0.802. The molecule has 1 heterocycles. The van der Waals surface area contributed by atoms with Crippen LogP contribution < -0.4 is 10.1 Å². The highest BCUT2D eigenvalue weighted by atomic mass is 79.9. The van der Waals surface area contributed by atoms with Crippen molar-refractivity contribution in [3.63, 3.8) is 0 Å². The van der Waals surface area contributed by atoms with Crippen LogP contribution in [0.15, 0.2) is 34.1 Å². The van der Waals surface area contributed by atoms with E-state index in [4.69, 9.17) is 4.74 Å². The number of aryl methyl sites for hydroxylation is 2. The van der Waals surface area contributed by atoms with Crippen LogP contribution in [-0.4, -0.2) is 24.0 Å². The van der Waals surface area contributed by atoms with Gasteiger partial charge in [0.15, 0.2) is 0 Å². The number of thiazole rings is 1. The lowest BCUT2D eigenvalue weighted by Gasteiger charge is -2.07. The summed E-state index contributed by atoms with van der Waals surface area (Å²) in [5, 5.41) is 6.18. The van der Waals surface area contributed by atoms with Gasteiger partial charge in [-0.25, -0.2) is 4.98 Å². The molecule has 1 N–H and O–H groups in total. The molecule has 0 radical (unpaired) electrons. The fourth-order valence-electron chi connectivity index (χ4n) is 2.05. The second-order valence-corrected chi connectivity index (χ2v) is 7.10. The van der Waals surface area contributed by atoms with Crippen molar-refractivity contribution in [1.29, 1.82) is 0 Å². The van der Waals surface area contributed by atoms with Crippen molar-refractivity contribution in [3.8, 4) is 5.75 Å². The SMILES string of the molecule is Cc1csc(CCCCNC(=O)CCOc2cccc(Br)c2)n1. The largest absolute Gasteiger partial charge is 0.493 e. The summed E-state index contributed by atoms with van der Waals surface area (Å²) < 4.78 is 6.51. The average molecular weight is 397 g/mol. The topological polar surface area (TPSA) is 51.2 Å². The van der Waals surface area contributed by atoms with E-state index in [0.29, 0.717) is 19.6 Å².